The molecule has 0 spiro atoms. The minimum Gasteiger partial charge on any atom is -0.493 e. The fourth-order valence-electron chi connectivity index (χ4n) is 1.45. The molecular weight excluding hydrogens is 184 g/mol. The second kappa shape index (κ2) is 6.95. The first-order chi connectivity index (χ1) is 7.38. The first kappa shape index (κ1) is 11.7. The maximum absolute atomic E-state index is 5.71. The van der Waals surface area contributed by atoms with Crippen molar-refractivity contribution in [2.45, 2.75) is 32.6 Å². The monoisotopic (exact) mass is 202 g/mol. The molecule has 80 valence electrons. The molecule has 0 aromatic heterocycles. The van der Waals surface area contributed by atoms with Gasteiger partial charge in [-0.1, -0.05) is 25.1 Å². The highest BCUT2D eigenvalue weighted by molar-refractivity contribution is 5.33. The maximum atomic E-state index is 5.71. The zero-order valence-electron chi connectivity index (χ0n) is 9.33. The van der Waals surface area contributed by atoms with Crippen molar-refractivity contribution < 1.29 is 4.74 Å². The summed E-state index contributed by atoms with van der Waals surface area (Å²) >= 11 is 0. The Morgan fingerprint density at radius 3 is 2.80 bits per heavy atom. The molecule has 1 nitrogen and oxygen atoms in total. The van der Waals surface area contributed by atoms with Crippen LogP contribution in [0.5, 0.6) is 5.75 Å². The minimum atomic E-state index is 0.763. The second-order valence-electron chi connectivity index (χ2n) is 3.47. The fraction of sp³-hybridized carbons (Fsp3) is 0.429. The van der Waals surface area contributed by atoms with Crippen LogP contribution in [0.2, 0.25) is 0 Å². The van der Waals surface area contributed by atoms with Gasteiger partial charge in [-0.25, -0.2) is 0 Å². The Bertz CT molecular complexity index is 322. The molecule has 0 N–H and O–H groups in total. The molecule has 0 aliphatic carbocycles. The van der Waals surface area contributed by atoms with Crippen LogP contribution in [0.3, 0.4) is 0 Å². The van der Waals surface area contributed by atoms with Crippen molar-refractivity contribution in [3.05, 3.63) is 29.8 Å². The van der Waals surface area contributed by atoms with E-state index < -0.39 is 0 Å². The summed E-state index contributed by atoms with van der Waals surface area (Å²) in [7, 11) is 0. The molecule has 0 atom stereocenters. The number of ether oxygens (including phenoxy) is 1. The standard InChI is InChI=1S/C14H18O/c1-3-5-6-9-12-15-14-11-8-7-10-13(14)4-2/h1,7-8,10-11H,4-6,9,12H2,2H3. The molecule has 15 heavy (non-hydrogen) atoms. The van der Waals surface area contributed by atoms with Crippen molar-refractivity contribution in [2.75, 3.05) is 6.61 Å². The van der Waals surface area contributed by atoms with Gasteiger partial charge in [0.25, 0.3) is 0 Å². The Hall–Kier alpha value is -1.42. The summed E-state index contributed by atoms with van der Waals surface area (Å²) in [4.78, 5) is 0. The molecule has 1 heteroatoms. The third-order valence-corrected chi connectivity index (χ3v) is 2.33. The molecule has 0 aliphatic rings. The summed E-state index contributed by atoms with van der Waals surface area (Å²) in [6.45, 7) is 2.90. The summed E-state index contributed by atoms with van der Waals surface area (Å²) in [6.07, 6.45) is 9.11. The van der Waals surface area contributed by atoms with E-state index in [1.54, 1.807) is 0 Å². The summed E-state index contributed by atoms with van der Waals surface area (Å²) in [5, 5.41) is 0. The smallest absolute Gasteiger partial charge is 0.122 e. The second-order valence-corrected chi connectivity index (χ2v) is 3.47. The van der Waals surface area contributed by atoms with Crippen LogP contribution in [-0.4, -0.2) is 6.61 Å². The fourth-order valence-corrected chi connectivity index (χ4v) is 1.45. The van der Waals surface area contributed by atoms with Crippen LogP contribution >= 0.6 is 0 Å². The Labute approximate surface area is 92.5 Å². The summed E-state index contributed by atoms with van der Waals surface area (Å²) < 4.78 is 5.71. The van der Waals surface area contributed by atoms with Crippen molar-refractivity contribution in [3.63, 3.8) is 0 Å². The summed E-state index contributed by atoms with van der Waals surface area (Å²) in [6, 6.07) is 8.19. The largest absolute Gasteiger partial charge is 0.493 e. The van der Waals surface area contributed by atoms with Crippen LogP contribution in [0, 0.1) is 12.3 Å². The number of unbranched alkanes of at least 4 members (excludes halogenated alkanes) is 2. The van der Waals surface area contributed by atoms with Gasteiger partial charge in [-0.2, -0.15) is 0 Å². The van der Waals surface area contributed by atoms with Gasteiger partial charge in [-0.05, 0) is 30.9 Å². The van der Waals surface area contributed by atoms with E-state index in [-0.39, 0.29) is 0 Å². The van der Waals surface area contributed by atoms with E-state index in [0.29, 0.717) is 0 Å². The van der Waals surface area contributed by atoms with E-state index >= 15 is 0 Å². The van der Waals surface area contributed by atoms with Gasteiger partial charge in [0, 0.05) is 6.42 Å². The Kier molecular flexibility index (Phi) is 5.40. The lowest BCUT2D eigenvalue weighted by Crippen LogP contribution is -1.99. The molecule has 1 aromatic rings. The average molecular weight is 202 g/mol. The molecule has 0 amide bonds. The van der Waals surface area contributed by atoms with Crippen LogP contribution in [0.4, 0.5) is 0 Å². The van der Waals surface area contributed by atoms with Gasteiger partial charge in [-0.15, -0.1) is 12.3 Å². The highest BCUT2D eigenvalue weighted by atomic mass is 16.5. The highest BCUT2D eigenvalue weighted by Crippen LogP contribution is 2.18. The van der Waals surface area contributed by atoms with Crippen LogP contribution in [0.25, 0.3) is 0 Å². The lowest BCUT2D eigenvalue weighted by molar-refractivity contribution is 0.305. The van der Waals surface area contributed by atoms with Crippen molar-refractivity contribution in [2.24, 2.45) is 0 Å². The molecule has 0 heterocycles. The van der Waals surface area contributed by atoms with Crippen LogP contribution in [0.1, 0.15) is 31.7 Å². The number of rotatable bonds is 6. The molecule has 0 bridgehead atoms. The molecule has 0 saturated carbocycles. The summed E-state index contributed by atoms with van der Waals surface area (Å²) in [5.74, 6) is 3.65. The third-order valence-electron chi connectivity index (χ3n) is 2.33. The Morgan fingerprint density at radius 1 is 1.27 bits per heavy atom. The number of terminal acetylenes is 1. The molecule has 1 rings (SSSR count). The van der Waals surface area contributed by atoms with E-state index in [9.17, 15) is 0 Å². The predicted molar refractivity (Wildman–Crippen MR) is 64.0 cm³/mol. The van der Waals surface area contributed by atoms with Crippen LogP contribution in [-0.2, 0) is 6.42 Å². The van der Waals surface area contributed by atoms with E-state index in [1.165, 1.54) is 5.56 Å². The number of hydrogen-bond donors (Lipinski definition) is 0. The predicted octanol–water partition coefficient (Wildman–Crippen LogP) is 3.43. The first-order valence-corrected chi connectivity index (χ1v) is 5.52. The van der Waals surface area contributed by atoms with E-state index in [1.807, 2.05) is 18.2 Å². The van der Waals surface area contributed by atoms with Gasteiger partial charge in [0.15, 0.2) is 0 Å². The number of benzene rings is 1. The van der Waals surface area contributed by atoms with Crippen molar-refractivity contribution in [3.8, 4) is 18.1 Å². The quantitative estimate of drug-likeness (QED) is 0.507. The Morgan fingerprint density at radius 2 is 2.07 bits per heavy atom. The molecule has 1 aromatic carbocycles. The lowest BCUT2D eigenvalue weighted by Gasteiger charge is -2.09. The molecule has 0 unspecified atom stereocenters. The van der Waals surface area contributed by atoms with Gasteiger partial charge in [0.2, 0.25) is 0 Å². The molecule has 0 radical (unpaired) electrons. The van der Waals surface area contributed by atoms with E-state index in [0.717, 1.165) is 38.0 Å². The van der Waals surface area contributed by atoms with Crippen molar-refractivity contribution >= 4 is 0 Å². The normalized spacial score (nSPS) is 9.60. The van der Waals surface area contributed by atoms with Gasteiger partial charge in [0.05, 0.1) is 6.61 Å². The molecular formula is C14H18O. The van der Waals surface area contributed by atoms with E-state index in [2.05, 4.69) is 18.9 Å². The molecule has 0 saturated heterocycles. The maximum Gasteiger partial charge on any atom is 0.122 e. The third kappa shape index (κ3) is 4.08. The van der Waals surface area contributed by atoms with Gasteiger partial charge in [-0.3, -0.25) is 0 Å². The SMILES string of the molecule is C#CCCCCOc1ccccc1CC. The van der Waals surface area contributed by atoms with Crippen molar-refractivity contribution in [1.29, 1.82) is 0 Å². The molecule has 0 aliphatic heterocycles. The van der Waals surface area contributed by atoms with Gasteiger partial charge < -0.3 is 4.74 Å². The minimum absolute atomic E-state index is 0.763. The van der Waals surface area contributed by atoms with Gasteiger partial charge >= 0.3 is 0 Å². The lowest BCUT2D eigenvalue weighted by atomic mass is 10.1. The zero-order chi connectivity index (χ0) is 10.9. The number of hydrogen-bond acceptors (Lipinski definition) is 1. The average Bonchev–Trinajstić information content (AvgIpc) is 2.29. The van der Waals surface area contributed by atoms with Crippen molar-refractivity contribution in [1.82, 2.24) is 0 Å². The topological polar surface area (TPSA) is 9.23 Å². The highest BCUT2D eigenvalue weighted by Gasteiger charge is 1.99. The van der Waals surface area contributed by atoms with Crippen LogP contribution < -0.4 is 4.74 Å². The number of para-hydroxylation sites is 1. The van der Waals surface area contributed by atoms with Crippen LogP contribution in [0.15, 0.2) is 24.3 Å². The Balaban J connectivity index is 2.34. The zero-order valence-corrected chi connectivity index (χ0v) is 9.33. The molecule has 0 fully saturated rings. The van der Waals surface area contributed by atoms with Gasteiger partial charge in [0.1, 0.15) is 5.75 Å². The summed E-state index contributed by atoms with van der Waals surface area (Å²) in [5.41, 5.74) is 1.27. The first-order valence-electron chi connectivity index (χ1n) is 5.52. The number of aryl methyl sites for hydroxylation is 1. The van der Waals surface area contributed by atoms with E-state index in [4.69, 9.17) is 11.2 Å².